The number of alkyl halides is 6. The zero-order valence-electron chi connectivity index (χ0n) is 15.6. The van der Waals surface area contributed by atoms with Crippen LogP contribution in [0, 0.1) is 5.82 Å². The van der Waals surface area contributed by atoms with Gasteiger partial charge in [0.05, 0.1) is 16.8 Å². The van der Waals surface area contributed by atoms with E-state index in [1.54, 1.807) is 0 Å². The van der Waals surface area contributed by atoms with Crippen molar-refractivity contribution >= 4 is 27.9 Å². The van der Waals surface area contributed by atoms with Crippen molar-refractivity contribution in [1.82, 2.24) is 9.38 Å². The predicted octanol–water partition coefficient (Wildman–Crippen LogP) is 6.49. The highest BCUT2D eigenvalue weighted by molar-refractivity contribution is 7.15. The standard InChI is InChI=1S/C20H10F7N3OS/c21-13-3-1-10(2-4-13)15-8-30-16(9-32-18(30)29-15)17(31)28-14-6-11(19(22,23)24)5-12(7-14)20(25,26)27/h1-9H,(H,28,31). The van der Waals surface area contributed by atoms with Crippen molar-refractivity contribution in [2.75, 3.05) is 5.32 Å². The number of halogens is 7. The number of nitrogens with zero attached hydrogens (tertiary/aromatic N) is 2. The summed E-state index contributed by atoms with van der Waals surface area (Å²) in [6.07, 6.45) is -8.61. The van der Waals surface area contributed by atoms with Gasteiger partial charge >= 0.3 is 12.4 Å². The van der Waals surface area contributed by atoms with Gasteiger partial charge in [0.1, 0.15) is 11.5 Å². The number of thiazole rings is 1. The zero-order valence-corrected chi connectivity index (χ0v) is 16.4. The number of hydrogen-bond acceptors (Lipinski definition) is 3. The Bertz CT molecular complexity index is 1270. The van der Waals surface area contributed by atoms with Gasteiger partial charge in [-0.15, -0.1) is 11.3 Å². The molecule has 0 atom stereocenters. The minimum Gasteiger partial charge on any atom is -0.321 e. The monoisotopic (exact) mass is 473 g/mol. The number of anilines is 1. The van der Waals surface area contributed by atoms with Crippen molar-refractivity contribution in [3.8, 4) is 11.3 Å². The predicted molar refractivity (Wildman–Crippen MR) is 103 cm³/mol. The van der Waals surface area contributed by atoms with E-state index in [1.807, 2.05) is 0 Å². The Labute approximate surface area is 178 Å². The van der Waals surface area contributed by atoms with Gasteiger partial charge < -0.3 is 5.32 Å². The number of carbonyl (C=O) groups is 1. The van der Waals surface area contributed by atoms with Crippen molar-refractivity contribution < 1.29 is 35.5 Å². The molecule has 4 nitrogen and oxygen atoms in total. The molecular formula is C20H10F7N3OS. The van der Waals surface area contributed by atoms with E-state index in [2.05, 4.69) is 10.3 Å². The van der Waals surface area contributed by atoms with Crippen molar-refractivity contribution in [2.24, 2.45) is 0 Å². The SMILES string of the molecule is O=C(Nc1cc(C(F)(F)F)cc(C(F)(F)F)c1)c1csc2nc(-c3ccc(F)cc3)cn12. The van der Waals surface area contributed by atoms with Gasteiger partial charge in [-0.25, -0.2) is 9.37 Å². The average Bonchev–Trinajstić information content (AvgIpc) is 3.27. The van der Waals surface area contributed by atoms with Crippen LogP contribution < -0.4 is 5.32 Å². The Kier molecular flexibility index (Phi) is 5.19. The van der Waals surface area contributed by atoms with E-state index < -0.39 is 40.9 Å². The molecule has 1 N–H and O–H groups in total. The number of amides is 1. The van der Waals surface area contributed by atoms with Crippen LogP contribution in [-0.4, -0.2) is 15.3 Å². The summed E-state index contributed by atoms with van der Waals surface area (Å²) in [7, 11) is 0. The minimum atomic E-state index is -5.04. The van der Waals surface area contributed by atoms with Crippen LogP contribution in [0.25, 0.3) is 16.2 Å². The molecule has 0 aliphatic heterocycles. The number of fused-ring (bicyclic) bond motifs is 1. The number of rotatable bonds is 3. The van der Waals surface area contributed by atoms with Crippen molar-refractivity contribution in [1.29, 1.82) is 0 Å². The summed E-state index contributed by atoms with van der Waals surface area (Å²) in [5, 5.41) is 3.45. The molecule has 32 heavy (non-hydrogen) atoms. The molecule has 2 aromatic carbocycles. The lowest BCUT2D eigenvalue weighted by Gasteiger charge is -2.14. The number of hydrogen-bond donors (Lipinski definition) is 1. The molecule has 0 radical (unpaired) electrons. The highest BCUT2D eigenvalue weighted by Crippen LogP contribution is 2.37. The Hall–Kier alpha value is -3.41. The van der Waals surface area contributed by atoms with Gasteiger partial charge in [0.15, 0.2) is 4.96 Å². The third-order valence-corrected chi connectivity index (χ3v) is 5.27. The van der Waals surface area contributed by atoms with E-state index in [0.717, 1.165) is 11.3 Å². The van der Waals surface area contributed by atoms with Crippen LogP contribution in [0.4, 0.5) is 36.4 Å². The van der Waals surface area contributed by atoms with Gasteiger partial charge in [-0.2, -0.15) is 26.3 Å². The Balaban J connectivity index is 1.68. The van der Waals surface area contributed by atoms with Gasteiger partial charge in [-0.3, -0.25) is 9.20 Å². The molecule has 0 bridgehead atoms. The number of carbonyl (C=O) groups excluding carboxylic acids is 1. The molecule has 4 rings (SSSR count). The molecule has 2 aromatic heterocycles. The number of aromatic nitrogens is 2. The quantitative estimate of drug-likeness (QED) is 0.346. The summed E-state index contributed by atoms with van der Waals surface area (Å²) < 4.78 is 92.6. The molecule has 4 aromatic rings. The van der Waals surface area contributed by atoms with Crippen LogP contribution in [-0.2, 0) is 12.4 Å². The molecule has 0 fully saturated rings. The lowest BCUT2D eigenvalue weighted by Crippen LogP contribution is -2.17. The molecule has 0 aliphatic carbocycles. The fourth-order valence-corrected chi connectivity index (χ4v) is 3.78. The normalized spacial score (nSPS) is 12.3. The number of nitrogens with one attached hydrogen (secondary N) is 1. The molecule has 0 unspecified atom stereocenters. The number of benzene rings is 2. The fraction of sp³-hybridized carbons (Fsp3) is 0.100. The minimum absolute atomic E-state index is 0.0245. The Morgan fingerprint density at radius 3 is 2.09 bits per heavy atom. The molecule has 0 saturated heterocycles. The van der Waals surface area contributed by atoms with Crippen LogP contribution >= 0.6 is 11.3 Å². The molecule has 166 valence electrons. The van der Waals surface area contributed by atoms with Crippen LogP contribution in [0.2, 0.25) is 0 Å². The molecule has 12 heteroatoms. The smallest absolute Gasteiger partial charge is 0.321 e. The highest BCUT2D eigenvalue weighted by atomic mass is 32.1. The van der Waals surface area contributed by atoms with E-state index in [9.17, 15) is 35.5 Å². The van der Waals surface area contributed by atoms with E-state index in [4.69, 9.17) is 0 Å². The summed E-state index contributed by atoms with van der Waals surface area (Å²) in [5.41, 5.74) is -2.82. The van der Waals surface area contributed by atoms with Crippen LogP contribution in [0.5, 0.6) is 0 Å². The second-order valence-corrected chi connectivity index (χ2v) is 7.49. The third-order valence-electron chi connectivity index (χ3n) is 4.43. The molecule has 0 spiro atoms. The molecular weight excluding hydrogens is 463 g/mol. The maximum atomic E-state index is 13.1. The first-order chi connectivity index (χ1) is 14.9. The first-order valence-electron chi connectivity index (χ1n) is 8.75. The molecule has 2 heterocycles. The van der Waals surface area contributed by atoms with Crippen molar-refractivity contribution in [3.05, 3.63) is 76.7 Å². The fourth-order valence-electron chi connectivity index (χ4n) is 2.93. The summed E-state index contributed by atoms with van der Waals surface area (Å²) in [6.45, 7) is 0. The summed E-state index contributed by atoms with van der Waals surface area (Å²) >= 11 is 1.04. The maximum Gasteiger partial charge on any atom is 0.416 e. The first kappa shape index (κ1) is 21.8. The van der Waals surface area contributed by atoms with E-state index >= 15 is 0 Å². The first-order valence-corrected chi connectivity index (χ1v) is 9.63. The number of imidazole rings is 1. The van der Waals surface area contributed by atoms with Gasteiger partial charge in [-0.05, 0) is 42.5 Å². The van der Waals surface area contributed by atoms with Crippen molar-refractivity contribution in [3.63, 3.8) is 0 Å². The Morgan fingerprint density at radius 2 is 1.53 bits per heavy atom. The van der Waals surface area contributed by atoms with Crippen molar-refractivity contribution in [2.45, 2.75) is 12.4 Å². The van der Waals surface area contributed by atoms with Crippen LogP contribution in [0.3, 0.4) is 0 Å². The van der Waals surface area contributed by atoms with E-state index in [0.29, 0.717) is 28.4 Å². The second-order valence-electron chi connectivity index (χ2n) is 6.66. The Morgan fingerprint density at radius 1 is 0.938 bits per heavy atom. The summed E-state index contributed by atoms with van der Waals surface area (Å²) in [6, 6.07) is 6.22. The zero-order chi connectivity index (χ0) is 23.3. The van der Waals surface area contributed by atoms with E-state index in [1.165, 1.54) is 40.2 Å². The van der Waals surface area contributed by atoms with Gasteiger partial charge in [0, 0.05) is 22.8 Å². The topological polar surface area (TPSA) is 46.4 Å². The van der Waals surface area contributed by atoms with Gasteiger partial charge in [0.2, 0.25) is 0 Å². The molecule has 1 amide bonds. The molecule has 0 saturated carbocycles. The lowest BCUT2D eigenvalue weighted by atomic mass is 10.1. The second kappa shape index (κ2) is 7.62. The maximum absolute atomic E-state index is 13.1. The summed E-state index contributed by atoms with van der Waals surface area (Å²) in [4.78, 5) is 17.3. The van der Waals surface area contributed by atoms with Crippen LogP contribution in [0.1, 0.15) is 21.6 Å². The average molecular weight is 473 g/mol. The van der Waals surface area contributed by atoms with Gasteiger partial charge in [0.25, 0.3) is 5.91 Å². The third kappa shape index (κ3) is 4.31. The lowest BCUT2D eigenvalue weighted by molar-refractivity contribution is -0.143. The highest BCUT2D eigenvalue weighted by Gasteiger charge is 2.37. The van der Waals surface area contributed by atoms with E-state index in [-0.39, 0.29) is 11.8 Å². The molecule has 0 aliphatic rings. The largest absolute Gasteiger partial charge is 0.416 e. The summed E-state index contributed by atoms with van der Waals surface area (Å²) in [5.74, 6) is -1.37. The van der Waals surface area contributed by atoms with Gasteiger partial charge in [-0.1, -0.05) is 0 Å². The van der Waals surface area contributed by atoms with Crippen LogP contribution in [0.15, 0.2) is 54.0 Å².